The summed E-state index contributed by atoms with van der Waals surface area (Å²) in [4.78, 5) is 0. The normalized spacial score (nSPS) is 18.2. The van der Waals surface area contributed by atoms with Crippen molar-refractivity contribution in [3.8, 4) is 0 Å². The van der Waals surface area contributed by atoms with Crippen molar-refractivity contribution in [3.05, 3.63) is 70.8 Å². The van der Waals surface area contributed by atoms with E-state index in [1.807, 2.05) is 57.2 Å². The molecule has 0 aliphatic carbocycles. The molecule has 2 rings (SSSR count). The summed E-state index contributed by atoms with van der Waals surface area (Å²) in [6, 6.07) is 15.0. The minimum Gasteiger partial charge on any atom is -0.394 e. The molecular weight excluding hydrogens is 420 g/mol. The Morgan fingerprint density at radius 2 is 1.18 bits per heavy atom. The maximum Gasteiger partial charge on any atom is 0.126 e. The molecule has 6 nitrogen and oxygen atoms in total. The Morgan fingerprint density at radius 3 is 1.61 bits per heavy atom. The molecule has 0 aromatic heterocycles. The summed E-state index contributed by atoms with van der Waals surface area (Å²) in [6.07, 6.45) is -3.37. The van der Waals surface area contributed by atoms with E-state index in [4.69, 9.17) is 0 Å². The molecule has 5 atom stereocenters. The summed E-state index contributed by atoms with van der Waals surface area (Å²) in [6.45, 7) is 5.04. The molecule has 2 aromatic carbocycles. The average Bonchev–Trinajstić information content (AvgIpc) is 2.83. The van der Waals surface area contributed by atoms with E-state index in [-0.39, 0.29) is 19.3 Å². The number of aliphatic hydroxyl groups excluding tert-OH is 4. The molecule has 0 bridgehead atoms. The highest BCUT2D eigenvalue weighted by molar-refractivity contribution is 5.32. The lowest BCUT2D eigenvalue weighted by molar-refractivity contribution is -0.230. The third-order valence-electron chi connectivity index (χ3n) is 6.70. The third-order valence-corrected chi connectivity index (χ3v) is 6.70. The Bertz CT molecular complexity index is 871. The van der Waals surface area contributed by atoms with Crippen LogP contribution in [-0.2, 0) is 25.7 Å². The second kappa shape index (κ2) is 12.1. The summed E-state index contributed by atoms with van der Waals surface area (Å²) in [5.74, 6) is 0. The minimum atomic E-state index is -2.31. The smallest absolute Gasteiger partial charge is 0.126 e. The van der Waals surface area contributed by atoms with Gasteiger partial charge < -0.3 is 30.6 Å². The zero-order chi connectivity index (χ0) is 24.6. The van der Waals surface area contributed by atoms with Crippen LogP contribution < -0.4 is 0 Å². The number of benzene rings is 2. The maximum atomic E-state index is 11.8. The van der Waals surface area contributed by atoms with Crippen molar-refractivity contribution >= 4 is 0 Å². The summed E-state index contributed by atoms with van der Waals surface area (Å²) >= 11 is 0. The lowest BCUT2D eigenvalue weighted by Crippen LogP contribution is -2.66. The molecular formula is C27H40O6. The van der Waals surface area contributed by atoms with E-state index in [0.29, 0.717) is 18.4 Å². The van der Waals surface area contributed by atoms with Gasteiger partial charge in [0.2, 0.25) is 0 Å². The van der Waals surface area contributed by atoms with Crippen LogP contribution in [0, 0.1) is 0 Å². The molecule has 6 heteroatoms. The van der Waals surface area contributed by atoms with Crippen molar-refractivity contribution in [2.24, 2.45) is 0 Å². The third kappa shape index (κ3) is 6.21. The molecule has 0 aliphatic heterocycles. The number of aliphatic hydroxyl groups is 6. The molecule has 0 fully saturated rings. The van der Waals surface area contributed by atoms with Crippen molar-refractivity contribution in [2.45, 2.75) is 88.8 Å². The molecule has 0 saturated heterocycles. The predicted octanol–water partition coefficient (Wildman–Crippen LogP) is 1.93. The standard InChI is InChI=1S/C27H40O6/c1-4-15-26(32,16-21-13-9-7-11-19(21)5-2)25(31)27(33,24(30)23(29)18-28)17-22-14-10-8-12-20(22)6-3/h7-14,23-25,28-33H,4-6,15-18H2,1-3H3/t23-,24+,25+,26?,27+/m0/s1. The van der Waals surface area contributed by atoms with E-state index in [9.17, 15) is 30.6 Å². The van der Waals surface area contributed by atoms with E-state index in [2.05, 4.69) is 0 Å². The lowest BCUT2D eigenvalue weighted by Gasteiger charge is -2.46. The molecule has 0 amide bonds. The Labute approximate surface area is 197 Å². The molecule has 0 heterocycles. The van der Waals surface area contributed by atoms with Gasteiger partial charge in [-0.25, -0.2) is 0 Å². The first-order valence-corrected chi connectivity index (χ1v) is 11.9. The second-order valence-electron chi connectivity index (χ2n) is 9.04. The summed E-state index contributed by atoms with van der Waals surface area (Å²) in [5, 5.41) is 65.6. The molecule has 0 saturated carbocycles. The quantitative estimate of drug-likeness (QED) is 0.272. The number of aryl methyl sites for hydroxylation is 2. The largest absolute Gasteiger partial charge is 0.394 e. The van der Waals surface area contributed by atoms with Gasteiger partial charge in [0.15, 0.2) is 0 Å². The molecule has 0 aliphatic rings. The fourth-order valence-corrected chi connectivity index (χ4v) is 4.80. The topological polar surface area (TPSA) is 121 Å². The van der Waals surface area contributed by atoms with Gasteiger partial charge in [-0.1, -0.05) is 75.7 Å². The molecule has 0 spiro atoms. The van der Waals surface area contributed by atoms with E-state index < -0.39 is 36.1 Å². The zero-order valence-electron chi connectivity index (χ0n) is 20.0. The van der Waals surface area contributed by atoms with Crippen LogP contribution in [-0.4, -0.2) is 66.8 Å². The van der Waals surface area contributed by atoms with Crippen molar-refractivity contribution in [1.82, 2.24) is 0 Å². The fourth-order valence-electron chi connectivity index (χ4n) is 4.80. The van der Waals surface area contributed by atoms with Gasteiger partial charge in [0.05, 0.1) is 12.2 Å². The predicted molar refractivity (Wildman–Crippen MR) is 129 cm³/mol. The Balaban J connectivity index is 2.56. The van der Waals surface area contributed by atoms with E-state index >= 15 is 0 Å². The van der Waals surface area contributed by atoms with Gasteiger partial charge in [0.25, 0.3) is 0 Å². The molecule has 0 radical (unpaired) electrons. The Morgan fingerprint density at radius 1 is 0.727 bits per heavy atom. The van der Waals surface area contributed by atoms with Gasteiger partial charge in [0, 0.05) is 12.8 Å². The van der Waals surface area contributed by atoms with Crippen molar-refractivity contribution in [2.75, 3.05) is 6.61 Å². The number of rotatable bonds is 13. The SMILES string of the molecule is CCCC(O)(Cc1ccccc1CC)[C@@H](O)[C@@](O)(Cc1ccccc1CC)[C@H](O)[C@@H](O)CO. The highest BCUT2D eigenvalue weighted by atomic mass is 16.4. The first-order chi connectivity index (χ1) is 15.7. The van der Waals surface area contributed by atoms with Crippen LogP contribution >= 0.6 is 0 Å². The van der Waals surface area contributed by atoms with Gasteiger partial charge >= 0.3 is 0 Å². The first-order valence-electron chi connectivity index (χ1n) is 11.9. The Kier molecular flexibility index (Phi) is 10.0. The number of hydrogen-bond acceptors (Lipinski definition) is 6. The van der Waals surface area contributed by atoms with Crippen LogP contribution in [0.25, 0.3) is 0 Å². The lowest BCUT2D eigenvalue weighted by atomic mass is 9.71. The summed E-state index contributed by atoms with van der Waals surface area (Å²) in [5.41, 5.74) is -0.592. The van der Waals surface area contributed by atoms with Crippen molar-refractivity contribution in [3.63, 3.8) is 0 Å². The van der Waals surface area contributed by atoms with Gasteiger partial charge in [-0.15, -0.1) is 0 Å². The first kappa shape index (κ1) is 27.4. The monoisotopic (exact) mass is 460 g/mol. The van der Waals surface area contributed by atoms with Crippen LogP contribution in [0.4, 0.5) is 0 Å². The van der Waals surface area contributed by atoms with Gasteiger partial charge in [-0.05, 0) is 41.5 Å². The van der Waals surface area contributed by atoms with Crippen molar-refractivity contribution < 1.29 is 30.6 Å². The minimum absolute atomic E-state index is 0.0751. The van der Waals surface area contributed by atoms with E-state index in [1.54, 1.807) is 12.1 Å². The molecule has 2 aromatic rings. The fraction of sp³-hybridized carbons (Fsp3) is 0.556. The molecule has 184 valence electrons. The van der Waals surface area contributed by atoms with Crippen molar-refractivity contribution in [1.29, 1.82) is 0 Å². The molecule has 1 unspecified atom stereocenters. The second-order valence-corrected chi connectivity index (χ2v) is 9.04. The molecule has 33 heavy (non-hydrogen) atoms. The zero-order valence-corrected chi connectivity index (χ0v) is 20.0. The maximum absolute atomic E-state index is 11.8. The average molecular weight is 461 g/mol. The van der Waals surface area contributed by atoms with Crippen LogP contribution in [0.15, 0.2) is 48.5 Å². The van der Waals surface area contributed by atoms with Gasteiger partial charge in [-0.3, -0.25) is 0 Å². The summed E-state index contributed by atoms with van der Waals surface area (Å²) < 4.78 is 0. The number of hydrogen-bond donors (Lipinski definition) is 6. The van der Waals surface area contributed by atoms with Gasteiger partial charge in [0.1, 0.15) is 23.9 Å². The van der Waals surface area contributed by atoms with Crippen LogP contribution in [0.5, 0.6) is 0 Å². The van der Waals surface area contributed by atoms with Gasteiger partial charge in [-0.2, -0.15) is 0 Å². The highest BCUT2D eigenvalue weighted by Gasteiger charge is 2.54. The van der Waals surface area contributed by atoms with Crippen LogP contribution in [0.2, 0.25) is 0 Å². The van der Waals surface area contributed by atoms with E-state index in [0.717, 1.165) is 23.1 Å². The summed E-state index contributed by atoms with van der Waals surface area (Å²) in [7, 11) is 0. The van der Waals surface area contributed by atoms with Crippen LogP contribution in [0.1, 0.15) is 55.9 Å². The highest BCUT2D eigenvalue weighted by Crippen LogP contribution is 2.36. The molecule has 6 N–H and O–H groups in total. The van der Waals surface area contributed by atoms with Crippen LogP contribution in [0.3, 0.4) is 0 Å². The Hall–Kier alpha value is -1.80. The van der Waals surface area contributed by atoms with E-state index in [1.165, 1.54) is 0 Å².